The predicted molar refractivity (Wildman–Crippen MR) is 111 cm³/mol. The summed E-state index contributed by atoms with van der Waals surface area (Å²) in [5.74, 6) is -1.58. The summed E-state index contributed by atoms with van der Waals surface area (Å²) in [6.07, 6.45) is 0. The number of nitrogens with one attached hydrogen (secondary N) is 1. The van der Waals surface area contributed by atoms with Gasteiger partial charge in [0.05, 0.1) is 0 Å². The molecule has 1 fully saturated rings. The average Bonchev–Trinajstić information content (AvgIpc) is 2.70. The Hall–Kier alpha value is -2.55. The van der Waals surface area contributed by atoms with E-state index in [1.807, 2.05) is 24.3 Å². The highest BCUT2D eigenvalue weighted by atomic mass is 35.5. The quantitative estimate of drug-likeness (QED) is 0.640. The van der Waals surface area contributed by atoms with Crippen LogP contribution in [0.25, 0.3) is 10.8 Å². The van der Waals surface area contributed by atoms with E-state index in [0.717, 1.165) is 10.8 Å². The van der Waals surface area contributed by atoms with Gasteiger partial charge >= 0.3 is 5.97 Å². The van der Waals surface area contributed by atoms with E-state index in [2.05, 4.69) is 5.32 Å². The molecule has 0 bridgehead atoms. The van der Waals surface area contributed by atoms with Crippen molar-refractivity contribution < 1.29 is 19.5 Å². The van der Waals surface area contributed by atoms with E-state index in [4.69, 9.17) is 17.3 Å². The van der Waals surface area contributed by atoms with E-state index in [1.54, 1.807) is 19.1 Å². The van der Waals surface area contributed by atoms with Crippen LogP contribution in [-0.4, -0.2) is 45.0 Å². The predicted octanol–water partition coefficient (Wildman–Crippen LogP) is 2.25. The van der Waals surface area contributed by atoms with Crippen LogP contribution in [0, 0.1) is 0 Å². The minimum Gasteiger partial charge on any atom is -0.477 e. The molecule has 150 valence electrons. The second-order valence-electron chi connectivity index (χ2n) is 7.06. The standard InChI is InChI=1S/C20H18ClN3O4S/c1-9-8-29-19-15(18(26)24(19)16(9)20(27)28)23-17(25)14(22)12-3-2-11-7-13(21)5-4-10(11)6-12/h2-7,14-15,19H,8,22H2,1H3,(H,23,25)(H,27,28)/t14-,15?,19?/m1/s1. The van der Waals surface area contributed by atoms with E-state index < -0.39 is 35.2 Å². The number of nitrogens with zero attached hydrogens (tertiary/aromatic N) is 1. The first-order valence-corrected chi connectivity index (χ1v) is 10.3. The molecule has 9 heteroatoms. The van der Waals surface area contributed by atoms with E-state index in [-0.39, 0.29) is 5.70 Å². The third-order valence-electron chi connectivity index (χ3n) is 5.13. The van der Waals surface area contributed by atoms with Crippen LogP contribution in [0.5, 0.6) is 0 Å². The van der Waals surface area contributed by atoms with Crippen molar-refractivity contribution in [1.29, 1.82) is 0 Å². The summed E-state index contributed by atoms with van der Waals surface area (Å²) in [5.41, 5.74) is 7.37. The summed E-state index contributed by atoms with van der Waals surface area (Å²) >= 11 is 7.42. The molecule has 2 unspecified atom stereocenters. The highest BCUT2D eigenvalue weighted by Gasteiger charge is 2.53. The highest BCUT2D eigenvalue weighted by molar-refractivity contribution is 8.00. The molecule has 0 radical (unpaired) electrons. The second-order valence-corrected chi connectivity index (χ2v) is 8.60. The average molecular weight is 432 g/mol. The Bertz CT molecular complexity index is 1090. The number of carbonyl (C=O) groups is 3. The number of carboxylic acid groups (broad SMARTS) is 1. The van der Waals surface area contributed by atoms with Gasteiger partial charge in [0.15, 0.2) is 0 Å². The fourth-order valence-electron chi connectivity index (χ4n) is 3.60. The van der Waals surface area contributed by atoms with Gasteiger partial charge in [0, 0.05) is 10.8 Å². The number of nitrogens with two attached hydrogens (primary N) is 1. The number of fused-ring (bicyclic) bond motifs is 2. The van der Waals surface area contributed by atoms with Gasteiger partial charge in [-0.2, -0.15) is 0 Å². The molecular formula is C20H18ClN3O4S. The number of hydrogen-bond donors (Lipinski definition) is 3. The third kappa shape index (κ3) is 3.37. The lowest BCUT2D eigenvalue weighted by Gasteiger charge is -2.49. The molecule has 2 heterocycles. The van der Waals surface area contributed by atoms with Crippen LogP contribution in [0.2, 0.25) is 5.02 Å². The smallest absolute Gasteiger partial charge is 0.352 e. The summed E-state index contributed by atoms with van der Waals surface area (Å²) in [6, 6.07) is 9.09. The van der Waals surface area contributed by atoms with Gasteiger partial charge in [0.2, 0.25) is 5.91 Å². The number of halogens is 1. The van der Waals surface area contributed by atoms with Crippen molar-refractivity contribution >= 4 is 51.9 Å². The van der Waals surface area contributed by atoms with Crippen molar-refractivity contribution in [2.75, 3.05) is 5.75 Å². The number of hydrogen-bond acceptors (Lipinski definition) is 5. The lowest BCUT2D eigenvalue weighted by Crippen LogP contribution is -2.71. The molecule has 2 aromatic carbocycles. The fraction of sp³-hybridized carbons (Fsp3) is 0.250. The van der Waals surface area contributed by atoms with Gasteiger partial charge in [-0.15, -0.1) is 11.8 Å². The Balaban J connectivity index is 1.50. The highest BCUT2D eigenvalue weighted by Crippen LogP contribution is 2.40. The summed E-state index contributed by atoms with van der Waals surface area (Å²) in [7, 11) is 0. The van der Waals surface area contributed by atoms with Crippen LogP contribution < -0.4 is 11.1 Å². The number of amides is 2. The first kappa shape index (κ1) is 19.8. The minimum absolute atomic E-state index is 0.00161. The van der Waals surface area contributed by atoms with Crippen LogP contribution >= 0.6 is 23.4 Å². The molecule has 4 N–H and O–H groups in total. The molecule has 0 aliphatic carbocycles. The molecule has 0 spiro atoms. The van der Waals surface area contributed by atoms with Crippen molar-refractivity contribution in [2.24, 2.45) is 5.73 Å². The van der Waals surface area contributed by atoms with Crippen LogP contribution in [0.15, 0.2) is 47.7 Å². The summed E-state index contributed by atoms with van der Waals surface area (Å²) in [5, 5.41) is 14.1. The Kier molecular flexibility index (Phi) is 5.02. The van der Waals surface area contributed by atoms with Crippen LogP contribution in [0.4, 0.5) is 0 Å². The molecule has 7 nitrogen and oxygen atoms in total. The topological polar surface area (TPSA) is 113 Å². The van der Waals surface area contributed by atoms with E-state index >= 15 is 0 Å². The second kappa shape index (κ2) is 7.37. The molecule has 0 saturated carbocycles. The Morgan fingerprint density at radius 3 is 2.69 bits per heavy atom. The van der Waals surface area contributed by atoms with Crippen molar-refractivity contribution in [3.8, 4) is 0 Å². The maximum Gasteiger partial charge on any atom is 0.352 e. The lowest BCUT2D eigenvalue weighted by atomic mass is 10.00. The van der Waals surface area contributed by atoms with Crippen molar-refractivity contribution in [2.45, 2.75) is 24.4 Å². The minimum atomic E-state index is -1.14. The number of carbonyl (C=O) groups excluding carboxylic acids is 2. The third-order valence-corrected chi connectivity index (χ3v) is 6.79. The van der Waals surface area contributed by atoms with E-state index in [1.165, 1.54) is 16.7 Å². The maximum atomic E-state index is 12.7. The first-order valence-electron chi connectivity index (χ1n) is 8.91. The number of carboxylic acids is 1. The van der Waals surface area contributed by atoms with Crippen LogP contribution in [0.1, 0.15) is 18.5 Å². The monoisotopic (exact) mass is 431 g/mol. The number of benzene rings is 2. The molecule has 4 rings (SSSR count). The van der Waals surface area contributed by atoms with Crippen molar-refractivity contribution in [3.63, 3.8) is 0 Å². The fourth-order valence-corrected chi connectivity index (χ4v) is 5.07. The summed E-state index contributed by atoms with van der Waals surface area (Å²) < 4.78 is 0. The summed E-state index contributed by atoms with van der Waals surface area (Å²) in [6.45, 7) is 1.69. The Morgan fingerprint density at radius 1 is 1.28 bits per heavy atom. The molecule has 0 aromatic heterocycles. The molecule has 2 aliphatic heterocycles. The maximum absolute atomic E-state index is 12.7. The number of rotatable bonds is 4. The van der Waals surface area contributed by atoms with E-state index in [9.17, 15) is 19.5 Å². The van der Waals surface area contributed by atoms with Gasteiger partial charge in [0.25, 0.3) is 5.91 Å². The molecule has 2 amide bonds. The Labute approximate surface area is 175 Å². The zero-order valence-electron chi connectivity index (χ0n) is 15.4. The largest absolute Gasteiger partial charge is 0.477 e. The summed E-state index contributed by atoms with van der Waals surface area (Å²) in [4.78, 5) is 37.9. The van der Waals surface area contributed by atoms with Gasteiger partial charge < -0.3 is 16.2 Å². The van der Waals surface area contributed by atoms with Gasteiger partial charge in [-0.3, -0.25) is 14.5 Å². The van der Waals surface area contributed by atoms with Crippen LogP contribution in [0.3, 0.4) is 0 Å². The molecule has 29 heavy (non-hydrogen) atoms. The number of aliphatic carboxylic acids is 1. The first-order chi connectivity index (χ1) is 13.8. The van der Waals surface area contributed by atoms with E-state index in [0.29, 0.717) is 21.9 Å². The number of β-lactam (4-membered cyclic amide) rings is 1. The lowest BCUT2D eigenvalue weighted by molar-refractivity contribution is -0.150. The van der Waals surface area contributed by atoms with Gasteiger partial charge in [-0.1, -0.05) is 29.8 Å². The van der Waals surface area contributed by atoms with Gasteiger partial charge in [-0.25, -0.2) is 4.79 Å². The molecule has 2 aliphatic rings. The Morgan fingerprint density at radius 2 is 1.97 bits per heavy atom. The van der Waals surface area contributed by atoms with Crippen molar-refractivity contribution in [3.05, 3.63) is 58.3 Å². The number of thioether (sulfide) groups is 1. The molecular weight excluding hydrogens is 414 g/mol. The SMILES string of the molecule is CC1=C(C(=O)O)N2C(=O)C(NC(=O)[C@H](N)c3ccc4cc(Cl)ccc4c3)C2SC1. The molecule has 2 aromatic rings. The van der Waals surface area contributed by atoms with Crippen LogP contribution in [-0.2, 0) is 14.4 Å². The van der Waals surface area contributed by atoms with Gasteiger partial charge in [0.1, 0.15) is 23.2 Å². The van der Waals surface area contributed by atoms with Gasteiger partial charge in [-0.05, 0) is 47.0 Å². The zero-order chi connectivity index (χ0) is 20.9. The van der Waals surface area contributed by atoms with Crippen molar-refractivity contribution in [1.82, 2.24) is 10.2 Å². The zero-order valence-corrected chi connectivity index (χ0v) is 17.0. The molecule has 3 atom stereocenters. The normalized spacial score (nSPS) is 22.2. The molecule has 1 saturated heterocycles.